The maximum atomic E-state index is 9.49. The molecule has 0 aliphatic heterocycles. The van der Waals surface area contributed by atoms with Crippen LogP contribution in [0.2, 0.25) is 0 Å². The molecule has 0 fully saturated rings. The number of rotatable bonds is 34. The zero-order valence-corrected chi connectivity index (χ0v) is 29.4. The van der Waals surface area contributed by atoms with E-state index in [1.165, 1.54) is 38.5 Å². The maximum Gasteiger partial charge on any atom is 0.149 e. The predicted octanol–water partition coefficient (Wildman–Crippen LogP) is 8.53. The molecule has 43 heavy (non-hydrogen) atoms. The van der Waals surface area contributed by atoms with E-state index in [0.717, 1.165) is 104 Å². The molecule has 0 amide bonds. The van der Waals surface area contributed by atoms with Gasteiger partial charge in [0, 0.05) is 39.6 Å². The average Bonchev–Trinajstić information content (AvgIpc) is 2.92. The van der Waals surface area contributed by atoms with Crippen LogP contribution in [0.1, 0.15) is 144 Å². The largest absolute Gasteiger partial charge is 0.393 e. The van der Waals surface area contributed by atoms with Gasteiger partial charge in [-0.25, -0.2) is 0 Å². The summed E-state index contributed by atoms with van der Waals surface area (Å²) >= 11 is 0. The minimum absolute atomic E-state index is 0.189. The van der Waals surface area contributed by atoms with E-state index in [2.05, 4.69) is 27.7 Å². The quantitative estimate of drug-likeness (QED) is 0.0552. The molecule has 6 atom stereocenters. The first-order valence-corrected chi connectivity index (χ1v) is 17.9. The number of unbranched alkanes of at least 4 members (excludes halogenated alkanes) is 6. The van der Waals surface area contributed by atoms with Crippen LogP contribution in [0.4, 0.5) is 0 Å². The normalized spacial score (nSPS) is 16.2. The summed E-state index contributed by atoms with van der Waals surface area (Å²) in [6.45, 7) is 18.4. The molecule has 7 heteroatoms. The molecule has 6 unspecified atom stereocenters. The van der Waals surface area contributed by atoms with E-state index >= 15 is 0 Å². The van der Waals surface area contributed by atoms with Gasteiger partial charge in [0.15, 0.2) is 0 Å². The fourth-order valence-electron chi connectivity index (χ4n) is 6.03. The van der Waals surface area contributed by atoms with Crippen LogP contribution in [0.25, 0.3) is 0 Å². The molecule has 0 saturated heterocycles. The van der Waals surface area contributed by atoms with Gasteiger partial charge in [0.25, 0.3) is 0 Å². The number of aliphatic hydroxyl groups is 2. The highest BCUT2D eigenvalue weighted by Crippen LogP contribution is 2.21. The molecule has 260 valence electrons. The molecule has 0 aromatic heterocycles. The van der Waals surface area contributed by atoms with Crippen LogP contribution in [0.3, 0.4) is 0 Å². The number of aliphatic hydroxyl groups excluding tert-OH is 2. The summed E-state index contributed by atoms with van der Waals surface area (Å²) < 4.78 is 28.1. The van der Waals surface area contributed by atoms with Crippen molar-refractivity contribution in [2.75, 3.05) is 53.2 Å². The van der Waals surface area contributed by atoms with Gasteiger partial charge < -0.3 is 33.9 Å². The SMILES string of the molecule is CC(O)CC(C)CC(C)CCCOCCCCCCOCOCOCCCCCCOCCCC(C)CC(C)CC(C)O. The molecule has 0 spiro atoms. The molecular weight excluding hydrogens is 544 g/mol. The lowest BCUT2D eigenvalue weighted by molar-refractivity contribution is -0.131. The Morgan fingerprint density at radius 2 is 0.674 bits per heavy atom. The van der Waals surface area contributed by atoms with Crippen LogP contribution < -0.4 is 0 Å². The molecule has 0 saturated carbocycles. The molecule has 7 nitrogen and oxygen atoms in total. The number of hydrogen-bond donors (Lipinski definition) is 2. The van der Waals surface area contributed by atoms with E-state index in [4.69, 9.17) is 23.7 Å². The van der Waals surface area contributed by atoms with Gasteiger partial charge in [0.2, 0.25) is 0 Å². The van der Waals surface area contributed by atoms with Gasteiger partial charge in [-0.2, -0.15) is 0 Å². The van der Waals surface area contributed by atoms with Crippen molar-refractivity contribution in [3.05, 3.63) is 0 Å². The second kappa shape index (κ2) is 31.7. The van der Waals surface area contributed by atoms with Crippen LogP contribution in [0.5, 0.6) is 0 Å². The van der Waals surface area contributed by atoms with Crippen LogP contribution in [0, 0.1) is 23.7 Å². The molecule has 0 radical (unpaired) electrons. The molecule has 0 aromatic carbocycles. The summed E-state index contributed by atoms with van der Waals surface area (Å²) in [4.78, 5) is 0. The predicted molar refractivity (Wildman–Crippen MR) is 178 cm³/mol. The summed E-state index contributed by atoms with van der Waals surface area (Å²) in [6, 6.07) is 0. The van der Waals surface area contributed by atoms with Gasteiger partial charge in [-0.3, -0.25) is 0 Å². The maximum absolute atomic E-state index is 9.49. The molecule has 0 aliphatic carbocycles. The average molecular weight is 619 g/mol. The monoisotopic (exact) mass is 619 g/mol. The summed E-state index contributed by atoms with van der Waals surface area (Å²) in [5.74, 6) is 2.59. The molecule has 0 aromatic rings. The van der Waals surface area contributed by atoms with Crippen LogP contribution >= 0.6 is 0 Å². The highest BCUT2D eigenvalue weighted by Gasteiger charge is 2.12. The van der Waals surface area contributed by atoms with E-state index in [9.17, 15) is 10.2 Å². The molecule has 0 aliphatic rings. The highest BCUT2D eigenvalue weighted by molar-refractivity contribution is 4.64. The van der Waals surface area contributed by atoms with E-state index in [0.29, 0.717) is 37.3 Å². The fraction of sp³-hybridized carbons (Fsp3) is 1.00. The minimum atomic E-state index is -0.189. The first-order chi connectivity index (χ1) is 20.7. The summed E-state index contributed by atoms with van der Waals surface area (Å²) in [5.41, 5.74) is 0. The van der Waals surface area contributed by atoms with Gasteiger partial charge >= 0.3 is 0 Å². The van der Waals surface area contributed by atoms with Gasteiger partial charge in [-0.1, -0.05) is 53.4 Å². The number of hydrogen-bond acceptors (Lipinski definition) is 7. The van der Waals surface area contributed by atoms with Crippen molar-refractivity contribution in [3.63, 3.8) is 0 Å². The van der Waals surface area contributed by atoms with Crippen molar-refractivity contribution in [2.45, 2.75) is 156 Å². The van der Waals surface area contributed by atoms with Crippen LogP contribution in [-0.2, 0) is 23.7 Å². The third kappa shape index (κ3) is 34.4. The second-order valence-electron chi connectivity index (χ2n) is 13.7. The Hall–Kier alpha value is -0.280. The zero-order chi connectivity index (χ0) is 32.0. The van der Waals surface area contributed by atoms with Crippen LogP contribution in [0.15, 0.2) is 0 Å². The lowest BCUT2D eigenvalue weighted by Crippen LogP contribution is -2.11. The Morgan fingerprint density at radius 3 is 1.02 bits per heavy atom. The fourth-order valence-corrected chi connectivity index (χ4v) is 6.03. The van der Waals surface area contributed by atoms with E-state index < -0.39 is 0 Å². The lowest BCUT2D eigenvalue weighted by atomic mass is 9.90. The molecule has 0 heterocycles. The van der Waals surface area contributed by atoms with Crippen molar-refractivity contribution < 1.29 is 33.9 Å². The van der Waals surface area contributed by atoms with Crippen molar-refractivity contribution in [3.8, 4) is 0 Å². The summed E-state index contributed by atoms with van der Waals surface area (Å²) in [5, 5.41) is 19.0. The topological polar surface area (TPSA) is 86.6 Å². The van der Waals surface area contributed by atoms with Crippen molar-refractivity contribution in [2.24, 2.45) is 23.7 Å². The van der Waals surface area contributed by atoms with Crippen molar-refractivity contribution in [1.29, 1.82) is 0 Å². The highest BCUT2D eigenvalue weighted by atomic mass is 16.7. The van der Waals surface area contributed by atoms with E-state index in [1.807, 2.05) is 13.8 Å². The Labute approximate surface area is 267 Å². The van der Waals surface area contributed by atoms with Gasteiger partial charge in [-0.05, 0) is 115 Å². The van der Waals surface area contributed by atoms with E-state index in [1.54, 1.807) is 0 Å². The third-order valence-corrected chi connectivity index (χ3v) is 8.06. The Balaban J connectivity index is 3.21. The van der Waals surface area contributed by atoms with Gasteiger partial charge in [0.05, 0.1) is 12.2 Å². The minimum Gasteiger partial charge on any atom is -0.393 e. The first-order valence-electron chi connectivity index (χ1n) is 17.9. The molecular formula is C36H74O7. The van der Waals surface area contributed by atoms with Gasteiger partial charge in [-0.15, -0.1) is 0 Å². The Morgan fingerprint density at radius 1 is 0.349 bits per heavy atom. The van der Waals surface area contributed by atoms with Crippen LogP contribution in [-0.4, -0.2) is 75.6 Å². The second-order valence-corrected chi connectivity index (χ2v) is 13.7. The van der Waals surface area contributed by atoms with Gasteiger partial charge in [0.1, 0.15) is 13.6 Å². The molecule has 2 N–H and O–H groups in total. The lowest BCUT2D eigenvalue weighted by Gasteiger charge is -2.18. The smallest absolute Gasteiger partial charge is 0.149 e. The molecule has 0 bridgehead atoms. The summed E-state index contributed by atoms with van der Waals surface area (Å²) in [6.07, 6.45) is 17.5. The van der Waals surface area contributed by atoms with E-state index in [-0.39, 0.29) is 12.2 Å². The number of ether oxygens (including phenoxy) is 5. The Kier molecular flexibility index (Phi) is 31.5. The Bertz CT molecular complexity index is 500. The standard InChI is InChI=1S/C36H74O7/c1-31(25-33(3)27-35(5)37)17-15-23-39-19-11-7-9-13-21-41-29-43-30-42-22-14-10-8-12-20-40-24-16-18-32(2)26-34(4)28-36(6)38/h31-38H,7-30H2,1-6H3. The first kappa shape index (κ1) is 42.7. The van der Waals surface area contributed by atoms with Crippen molar-refractivity contribution in [1.82, 2.24) is 0 Å². The zero-order valence-electron chi connectivity index (χ0n) is 29.4. The molecule has 0 rings (SSSR count). The third-order valence-electron chi connectivity index (χ3n) is 8.06. The van der Waals surface area contributed by atoms with Crippen molar-refractivity contribution >= 4 is 0 Å². The summed E-state index contributed by atoms with van der Waals surface area (Å²) in [7, 11) is 0.